The average molecular weight is 541 g/mol. The summed E-state index contributed by atoms with van der Waals surface area (Å²) in [5, 5.41) is 15.2. The van der Waals surface area contributed by atoms with E-state index in [1.807, 2.05) is 25.5 Å². The molecule has 12 heteroatoms. The van der Waals surface area contributed by atoms with Crippen LogP contribution in [0.3, 0.4) is 0 Å². The molecule has 1 saturated heterocycles. The van der Waals surface area contributed by atoms with Gasteiger partial charge in [-0.1, -0.05) is 26.7 Å². The fourth-order valence-electron chi connectivity index (χ4n) is 5.53. The number of nitrogens with two attached hydrogens (primary N) is 1. The van der Waals surface area contributed by atoms with Gasteiger partial charge in [0.25, 0.3) is 11.8 Å². The van der Waals surface area contributed by atoms with Gasteiger partial charge in [-0.3, -0.25) is 4.68 Å². The number of fused-ring (bicyclic) bond motifs is 1. The zero-order chi connectivity index (χ0) is 28.2. The number of nitrogens with zero attached hydrogens (tertiary/aromatic N) is 5. The molecule has 3 aromatic heterocycles. The van der Waals surface area contributed by atoms with Crippen molar-refractivity contribution in [2.24, 2.45) is 5.41 Å². The number of carboxylic acid groups (broad SMARTS) is 1. The first-order chi connectivity index (χ1) is 18.5. The van der Waals surface area contributed by atoms with Crippen LogP contribution < -0.4 is 15.2 Å². The van der Waals surface area contributed by atoms with Crippen molar-refractivity contribution in [2.45, 2.75) is 58.0 Å². The van der Waals surface area contributed by atoms with Crippen molar-refractivity contribution in [3.05, 3.63) is 34.7 Å². The van der Waals surface area contributed by atoms with E-state index in [4.69, 9.17) is 20.3 Å². The van der Waals surface area contributed by atoms with Gasteiger partial charge in [0.15, 0.2) is 0 Å². The van der Waals surface area contributed by atoms with Crippen molar-refractivity contribution in [3.8, 4) is 23.6 Å². The summed E-state index contributed by atoms with van der Waals surface area (Å²) in [6, 6.07) is -0.697. The molecular formula is C27H30F2N6O4. The zero-order valence-electron chi connectivity index (χ0n) is 22.4. The monoisotopic (exact) mass is 540 g/mol. The highest BCUT2D eigenvalue weighted by Crippen LogP contribution is 2.47. The summed E-state index contributed by atoms with van der Waals surface area (Å²) in [4.78, 5) is 21.6. The largest absolute Gasteiger partial charge is 0.479 e. The van der Waals surface area contributed by atoms with E-state index in [9.17, 15) is 18.7 Å². The maximum absolute atomic E-state index is 15.0. The third-order valence-corrected chi connectivity index (χ3v) is 7.32. The van der Waals surface area contributed by atoms with E-state index in [1.165, 1.54) is 19.1 Å². The molecule has 5 rings (SSSR count). The van der Waals surface area contributed by atoms with Crippen molar-refractivity contribution in [1.29, 1.82) is 0 Å². The van der Waals surface area contributed by atoms with Crippen LogP contribution in [-0.4, -0.2) is 62.7 Å². The molecule has 4 heterocycles. The van der Waals surface area contributed by atoms with Gasteiger partial charge < -0.3 is 25.2 Å². The highest BCUT2D eigenvalue weighted by molar-refractivity contribution is 5.95. The number of hydrogen-bond acceptors (Lipinski definition) is 7. The van der Waals surface area contributed by atoms with Crippen molar-refractivity contribution in [3.63, 3.8) is 0 Å². The van der Waals surface area contributed by atoms with Gasteiger partial charge in [-0.15, -0.1) is 0 Å². The Morgan fingerprint density at radius 1 is 1.13 bits per heavy atom. The highest BCUT2D eigenvalue weighted by Gasteiger charge is 2.46. The van der Waals surface area contributed by atoms with Gasteiger partial charge in [0.2, 0.25) is 11.6 Å². The minimum atomic E-state index is -1.07. The molecule has 1 unspecified atom stereocenters. The molecule has 0 spiro atoms. The van der Waals surface area contributed by atoms with Crippen molar-refractivity contribution >= 4 is 22.8 Å². The number of halogens is 2. The second-order valence-electron chi connectivity index (χ2n) is 10.9. The molecule has 39 heavy (non-hydrogen) atoms. The van der Waals surface area contributed by atoms with Gasteiger partial charge in [-0.2, -0.15) is 18.9 Å². The Morgan fingerprint density at radius 3 is 2.31 bits per heavy atom. The molecule has 2 aliphatic rings. The molecule has 0 bridgehead atoms. The molecule has 2 atom stereocenters. The smallest absolute Gasteiger partial charge is 0.407 e. The summed E-state index contributed by atoms with van der Waals surface area (Å²) in [7, 11) is 2.41. The summed E-state index contributed by atoms with van der Waals surface area (Å²) in [6.45, 7) is 6.32. The van der Waals surface area contributed by atoms with Crippen LogP contribution >= 0.6 is 0 Å². The SMILES string of the molecule is COc1nc(OC)c(F)c(C#Cc2nn(C3CCN(C(=O)O)[C@H]3C(C)(C)C)c3c(C4CC4)cnc(N)c23)c1F. The number of likely N-dealkylation sites (tertiary alicyclic amines) is 1. The number of amides is 1. The number of aromatic nitrogens is 4. The van der Waals surface area contributed by atoms with E-state index in [-0.39, 0.29) is 29.5 Å². The van der Waals surface area contributed by atoms with E-state index >= 15 is 0 Å². The summed E-state index contributed by atoms with van der Waals surface area (Å²) in [5.74, 6) is 2.72. The minimum absolute atomic E-state index is 0.177. The van der Waals surface area contributed by atoms with E-state index < -0.39 is 40.5 Å². The van der Waals surface area contributed by atoms with Crippen LogP contribution in [0.25, 0.3) is 10.9 Å². The lowest BCUT2D eigenvalue weighted by atomic mass is 9.82. The Kier molecular flexibility index (Phi) is 6.48. The third kappa shape index (κ3) is 4.45. The number of carbonyl (C=O) groups is 1. The molecule has 3 aromatic rings. The highest BCUT2D eigenvalue weighted by atomic mass is 19.1. The molecule has 3 N–H and O–H groups in total. The summed E-state index contributed by atoms with van der Waals surface area (Å²) >= 11 is 0. The average Bonchev–Trinajstić information content (AvgIpc) is 3.49. The predicted molar refractivity (Wildman–Crippen MR) is 139 cm³/mol. The van der Waals surface area contributed by atoms with Crippen LogP contribution in [0.2, 0.25) is 0 Å². The number of anilines is 1. The molecule has 2 fully saturated rings. The molecule has 1 aliphatic carbocycles. The van der Waals surface area contributed by atoms with Crippen LogP contribution in [0, 0.1) is 28.9 Å². The van der Waals surface area contributed by atoms with Crippen LogP contribution in [-0.2, 0) is 0 Å². The summed E-state index contributed by atoms with van der Waals surface area (Å²) in [5.41, 5.74) is 7.21. The molecule has 1 saturated carbocycles. The zero-order valence-corrected chi connectivity index (χ0v) is 22.4. The van der Waals surface area contributed by atoms with Gasteiger partial charge in [0.1, 0.15) is 17.1 Å². The number of pyridine rings is 2. The molecular weight excluding hydrogens is 510 g/mol. The van der Waals surface area contributed by atoms with E-state index in [2.05, 4.69) is 21.8 Å². The minimum Gasteiger partial charge on any atom is -0.479 e. The lowest BCUT2D eigenvalue weighted by molar-refractivity contribution is 0.0913. The first-order valence-corrected chi connectivity index (χ1v) is 12.6. The first kappa shape index (κ1) is 26.5. The van der Waals surface area contributed by atoms with E-state index in [0.717, 1.165) is 23.9 Å². The molecule has 0 radical (unpaired) electrons. The van der Waals surface area contributed by atoms with Gasteiger partial charge in [-0.25, -0.2) is 9.78 Å². The summed E-state index contributed by atoms with van der Waals surface area (Å²) < 4.78 is 41.6. The van der Waals surface area contributed by atoms with Crippen LogP contribution in [0.15, 0.2) is 6.20 Å². The van der Waals surface area contributed by atoms with E-state index in [1.54, 1.807) is 6.20 Å². The Balaban J connectivity index is 1.74. The van der Waals surface area contributed by atoms with Crippen molar-refractivity contribution in [2.75, 3.05) is 26.5 Å². The third-order valence-electron chi connectivity index (χ3n) is 7.32. The van der Waals surface area contributed by atoms with Crippen LogP contribution in [0.4, 0.5) is 19.4 Å². The Bertz CT molecular complexity index is 1510. The maximum Gasteiger partial charge on any atom is 0.407 e. The Morgan fingerprint density at radius 2 is 1.77 bits per heavy atom. The lowest BCUT2D eigenvalue weighted by Crippen LogP contribution is -2.46. The number of ether oxygens (including phenoxy) is 2. The van der Waals surface area contributed by atoms with Gasteiger partial charge in [-0.05, 0) is 42.1 Å². The number of methoxy groups -OCH3 is 2. The number of nitrogen functional groups attached to an aromatic ring is 1. The second kappa shape index (κ2) is 9.55. The number of rotatable bonds is 4. The van der Waals surface area contributed by atoms with Gasteiger partial charge >= 0.3 is 6.09 Å². The standard InChI is InChI=1S/C27H30F2N6O4/c1-27(2,3)22-17(10-11-34(22)26(36)37)35-21-15(13-6-7-13)12-31-23(30)18(21)16(33-35)9-8-14-19(28)24(38-4)32-25(39-5)20(14)29/h12-13,17,22H,6-7,10-11H2,1-5H3,(H2,30,31)(H,36,37)/t17?,22-/m1/s1. The fourth-order valence-corrected chi connectivity index (χ4v) is 5.53. The Labute approximate surface area is 224 Å². The Hall–Kier alpha value is -4.14. The first-order valence-electron chi connectivity index (χ1n) is 12.6. The van der Waals surface area contributed by atoms with E-state index in [0.29, 0.717) is 18.4 Å². The normalized spacial score (nSPS) is 19.2. The number of hydrogen-bond donors (Lipinski definition) is 2. The van der Waals surface area contributed by atoms with Crippen molar-refractivity contribution in [1.82, 2.24) is 24.6 Å². The van der Waals surface area contributed by atoms with Crippen LogP contribution in [0.1, 0.15) is 68.8 Å². The van der Waals surface area contributed by atoms with Gasteiger partial charge in [0.05, 0.1) is 37.2 Å². The fraction of sp³-hybridized carbons (Fsp3) is 0.481. The predicted octanol–water partition coefficient (Wildman–Crippen LogP) is 4.32. The molecule has 0 aromatic carbocycles. The summed E-state index contributed by atoms with van der Waals surface area (Å²) in [6.07, 6.45) is 3.23. The maximum atomic E-state index is 15.0. The molecule has 1 aliphatic heterocycles. The molecule has 10 nitrogen and oxygen atoms in total. The lowest BCUT2D eigenvalue weighted by Gasteiger charge is -2.37. The quantitative estimate of drug-likeness (QED) is 0.468. The topological polar surface area (TPSA) is 129 Å². The van der Waals surface area contributed by atoms with Gasteiger partial charge in [0, 0.05) is 12.7 Å². The molecule has 206 valence electrons. The molecule has 1 amide bonds. The van der Waals surface area contributed by atoms with Crippen molar-refractivity contribution < 1.29 is 28.2 Å². The van der Waals surface area contributed by atoms with Crippen LogP contribution in [0.5, 0.6) is 11.8 Å². The second-order valence-corrected chi connectivity index (χ2v) is 10.9.